The molecule has 2 aliphatic heterocycles. The molecule has 2 fully saturated rings. The third-order valence-corrected chi connectivity index (χ3v) is 7.71. The predicted molar refractivity (Wildman–Crippen MR) is 135 cm³/mol. The Labute approximate surface area is 217 Å². The number of nitrogens with zero attached hydrogens (tertiary/aromatic N) is 2. The second kappa shape index (κ2) is 9.79. The van der Waals surface area contributed by atoms with Crippen molar-refractivity contribution in [2.24, 2.45) is 5.92 Å². The van der Waals surface area contributed by atoms with E-state index in [1.807, 2.05) is 60.7 Å². The van der Waals surface area contributed by atoms with Crippen LogP contribution in [0.5, 0.6) is 0 Å². The van der Waals surface area contributed by atoms with Crippen molar-refractivity contribution in [3.05, 3.63) is 82.2 Å². The van der Waals surface area contributed by atoms with Crippen LogP contribution in [0.1, 0.15) is 44.1 Å². The number of benzene rings is 2. The van der Waals surface area contributed by atoms with Crippen molar-refractivity contribution in [3.8, 4) is 0 Å². The summed E-state index contributed by atoms with van der Waals surface area (Å²) in [7, 11) is 1.20. The molecule has 2 saturated heterocycles. The summed E-state index contributed by atoms with van der Waals surface area (Å²) in [6.07, 6.45) is -1.11. The van der Waals surface area contributed by atoms with Crippen LogP contribution in [0, 0.1) is 12.8 Å². The molecular weight excluding hydrogens is 496 g/mol. The third kappa shape index (κ3) is 3.98. The Morgan fingerprint density at radius 2 is 1.62 bits per heavy atom. The fourth-order valence-electron chi connectivity index (χ4n) is 4.79. The number of thiophene rings is 1. The van der Waals surface area contributed by atoms with E-state index in [2.05, 4.69) is 0 Å². The number of imide groups is 1. The van der Waals surface area contributed by atoms with Crippen LogP contribution in [-0.2, 0) is 23.9 Å². The van der Waals surface area contributed by atoms with Gasteiger partial charge in [-0.3, -0.25) is 14.4 Å². The number of hydrogen-bond donors (Lipinski definition) is 0. The number of hydroxylamine groups is 1. The first kappa shape index (κ1) is 24.7. The molecule has 2 aliphatic rings. The van der Waals surface area contributed by atoms with Gasteiger partial charge in [-0.05, 0) is 37.1 Å². The monoisotopic (exact) mass is 520 g/mol. The maximum Gasteiger partial charge on any atom is 0.348 e. The molecule has 3 atom stereocenters. The Hall–Kier alpha value is -4.02. The number of ether oxygens (including phenoxy) is 2. The van der Waals surface area contributed by atoms with E-state index in [-0.39, 0.29) is 27.6 Å². The number of anilines is 2. The number of hydrogen-bond acceptors (Lipinski definition) is 9. The highest BCUT2D eigenvalue weighted by Crippen LogP contribution is 2.49. The number of para-hydroxylation sites is 1. The standard InChI is InChI=1S/C27H24N2O7S/c1-4-35-27(33)22-15(2)18(26(32)34-3)25(37-22)28-23(30)19-20(16-11-7-5-8-12-16)29(36-21(19)24(28)31)17-13-9-6-10-14-17/h5-14,19-21H,4H2,1-3H3/t19-,20+,21-/m1/s1. The minimum absolute atomic E-state index is 0.0200. The average Bonchev–Trinajstić information content (AvgIpc) is 3.55. The number of fused-ring (bicyclic) bond motifs is 1. The van der Waals surface area contributed by atoms with E-state index in [1.54, 1.807) is 18.9 Å². The van der Waals surface area contributed by atoms with Gasteiger partial charge in [0.25, 0.3) is 5.91 Å². The van der Waals surface area contributed by atoms with Crippen LogP contribution in [0.3, 0.4) is 0 Å². The van der Waals surface area contributed by atoms with Crippen LogP contribution < -0.4 is 9.96 Å². The van der Waals surface area contributed by atoms with Crippen LogP contribution in [-0.4, -0.2) is 43.6 Å². The molecule has 37 heavy (non-hydrogen) atoms. The van der Waals surface area contributed by atoms with Crippen LogP contribution in [0.15, 0.2) is 60.7 Å². The number of methoxy groups -OCH3 is 1. The molecule has 0 radical (unpaired) electrons. The van der Waals surface area contributed by atoms with Gasteiger partial charge in [0.15, 0.2) is 6.10 Å². The van der Waals surface area contributed by atoms with E-state index >= 15 is 0 Å². The lowest BCUT2D eigenvalue weighted by Crippen LogP contribution is -2.37. The van der Waals surface area contributed by atoms with E-state index in [0.717, 1.165) is 21.8 Å². The molecule has 10 heteroatoms. The first-order valence-electron chi connectivity index (χ1n) is 11.7. The first-order valence-corrected chi connectivity index (χ1v) is 12.5. The van der Waals surface area contributed by atoms with Crippen LogP contribution >= 0.6 is 11.3 Å². The van der Waals surface area contributed by atoms with Gasteiger partial charge in [0.2, 0.25) is 5.91 Å². The van der Waals surface area contributed by atoms with Crippen molar-refractivity contribution >= 4 is 45.8 Å². The summed E-state index contributed by atoms with van der Waals surface area (Å²) in [5, 5.41) is 1.63. The smallest absolute Gasteiger partial charge is 0.348 e. The van der Waals surface area contributed by atoms with E-state index < -0.39 is 41.8 Å². The molecule has 3 aromatic rings. The fraction of sp³-hybridized carbons (Fsp3) is 0.259. The Morgan fingerprint density at radius 3 is 2.24 bits per heavy atom. The molecule has 3 heterocycles. The number of carbonyl (C=O) groups is 4. The summed E-state index contributed by atoms with van der Waals surface area (Å²) in [4.78, 5) is 60.2. The maximum atomic E-state index is 14.0. The quantitative estimate of drug-likeness (QED) is 0.354. The SMILES string of the molecule is CCOC(=O)c1sc(N2C(=O)[C@H]3[C@@H](ON(c4ccccc4)[C@H]3c3ccccc3)C2=O)c(C(=O)OC)c1C. The van der Waals surface area contributed by atoms with Crippen LogP contribution in [0.2, 0.25) is 0 Å². The lowest BCUT2D eigenvalue weighted by Gasteiger charge is -2.28. The zero-order chi connectivity index (χ0) is 26.3. The second-order valence-electron chi connectivity index (χ2n) is 8.53. The topological polar surface area (TPSA) is 102 Å². The van der Waals surface area contributed by atoms with Gasteiger partial charge in [-0.2, -0.15) is 0 Å². The molecule has 2 amide bonds. The number of esters is 2. The molecule has 0 unspecified atom stereocenters. The normalized spacial score (nSPS) is 20.8. The van der Waals surface area contributed by atoms with Crippen molar-refractivity contribution in [3.63, 3.8) is 0 Å². The second-order valence-corrected chi connectivity index (χ2v) is 9.53. The van der Waals surface area contributed by atoms with Crippen molar-refractivity contribution in [1.82, 2.24) is 0 Å². The van der Waals surface area contributed by atoms with Gasteiger partial charge in [-0.15, -0.1) is 11.3 Å². The predicted octanol–water partition coefficient (Wildman–Crippen LogP) is 4.07. The molecule has 5 rings (SSSR count). The minimum atomic E-state index is -1.11. The summed E-state index contributed by atoms with van der Waals surface area (Å²) in [5.41, 5.74) is 1.76. The van der Waals surface area contributed by atoms with E-state index in [9.17, 15) is 19.2 Å². The summed E-state index contributed by atoms with van der Waals surface area (Å²) < 4.78 is 10.0. The minimum Gasteiger partial charge on any atom is -0.465 e. The Morgan fingerprint density at radius 1 is 0.973 bits per heavy atom. The summed E-state index contributed by atoms with van der Waals surface area (Å²) in [5.74, 6) is -3.42. The Kier molecular flexibility index (Phi) is 6.53. The molecule has 0 bridgehead atoms. The van der Waals surface area contributed by atoms with Gasteiger partial charge in [-0.1, -0.05) is 48.5 Å². The molecule has 0 N–H and O–H groups in total. The molecule has 1 aromatic heterocycles. The molecule has 9 nitrogen and oxygen atoms in total. The van der Waals surface area contributed by atoms with E-state index in [1.165, 1.54) is 7.11 Å². The summed E-state index contributed by atoms with van der Waals surface area (Å²) in [6, 6.07) is 18.0. The van der Waals surface area contributed by atoms with E-state index in [0.29, 0.717) is 5.69 Å². The number of amides is 2. The summed E-state index contributed by atoms with van der Waals surface area (Å²) in [6.45, 7) is 3.36. The lowest BCUT2D eigenvalue weighted by atomic mass is 9.90. The molecule has 190 valence electrons. The third-order valence-electron chi connectivity index (χ3n) is 6.45. The maximum absolute atomic E-state index is 14.0. The zero-order valence-corrected chi connectivity index (χ0v) is 21.2. The van der Waals surface area contributed by atoms with Gasteiger partial charge in [0.1, 0.15) is 15.8 Å². The fourth-order valence-corrected chi connectivity index (χ4v) is 5.99. The largest absolute Gasteiger partial charge is 0.465 e. The molecule has 0 aliphatic carbocycles. The van der Waals surface area contributed by atoms with Gasteiger partial charge in [-0.25, -0.2) is 19.6 Å². The number of rotatable bonds is 6. The molecule has 0 saturated carbocycles. The van der Waals surface area contributed by atoms with Gasteiger partial charge in [0.05, 0.1) is 31.0 Å². The summed E-state index contributed by atoms with van der Waals surface area (Å²) >= 11 is 0.855. The van der Waals surface area contributed by atoms with Gasteiger partial charge in [0, 0.05) is 0 Å². The van der Waals surface area contributed by atoms with Gasteiger partial charge < -0.3 is 9.47 Å². The highest BCUT2D eigenvalue weighted by atomic mass is 32.1. The first-order chi connectivity index (χ1) is 17.9. The number of carbonyl (C=O) groups excluding carboxylic acids is 4. The van der Waals surface area contributed by atoms with E-state index in [4.69, 9.17) is 14.3 Å². The lowest BCUT2D eigenvalue weighted by molar-refractivity contribution is -0.126. The van der Waals surface area contributed by atoms with Gasteiger partial charge >= 0.3 is 11.9 Å². The zero-order valence-electron chi connectivity index (χ0n) is 20.4. The van der Waals surface area contributed by atoms with Crippen molar-refractivity contribution in [1.29, 1.82) is 0 Å². The van der Waals surface area contributed by atoms with Crippen LogP contribution in [0.4, 0.5) is 10.7 Å². The van der Waals surface area contributed by atoms with Crippen molar-refractivity contribution in [2.75, 3.05) is 23.7 Å². The highest BCUT2D eigenvalue weighted by molar-refractivity contribution is 7.19. The molecule has 2 aromatic carbocycles. The Balaban J connectivity index is 1.60. The molecule has 0 spiro atoms. The highest BCUT2D eigenvalue weighted by Gasteiger charge is 2.61. The molecular formula is C27H24N2O7S. The van der Waals surface area contributed by atoms with Crippen molar-refractivity contribution < 1.29 is 33.5 Å². The van der Waals surface area contributed by atoms with Crippen molar-refractivity contribution in [2.45, 2.75) is 26.0 Å². The average molecular weight is 521 g/mol. The Bertz CT molecular complexity index is 1370. The van der Waals surface area contributed by atoms with Crippen LogP contribution in [0.25, 0.3) is 0 Å².